The summed E-state index contributed by atoms with van der Waals surface area (Å²) in [6, 6.07) is 4.15. The summed E-state index contributed by atoms with van der Waals surface area (Å²) < 4.78 is 13.3. The third-order valence-electron chi connectivity index (χ3n) is 5.74. The Balaban J connectivity index is 1.75. The van der Waals surface area contributed by atoms with Gasteiger partial charge in [-0.05, 0) is 57.2 Å². The van der Waals surface area contributed by atoms with Crippen LogP contribution in [-0.2, 0) is 20.8 Å². The van der Waals surface area contributed by atoms with Crippen molar-refractivity contribution >= 4 is 12.0 Å². The van der Waals surface area contributed by atoms with Crippen molar-refractivity contribution in [3.8, 4) is 6.07 Å². The van der Waals surface area contributed by atoms with Crippen LogP contribution in [0, 0.1) is 25.2 Å². The zero-order chi connectivity index (χ0) is 19.4. The normalized spacial score (nSPS) is 21.5. The van der Waals surface area contributed by atoms with E-state index in [0.717, 1.165) is 55.8 Å². The maximum absolute atomic E-state index is 12.8. The second-order valence-electron chi connectivity index (χ2n) is 7.47. The number of carbonyl (C=O) groups is 1. The molecule has 0 bridgehead atoms. The molecule has 1 unspecified atom stereocenters. The lowest BCUT2D eigenvalue weighted by atomic mass is 10.1. The first-order valence-electron chi connectivity index (χ1n) is 9.75. The molecule has 1 aromatic rings. The molecule has 2 saturated heterocycles. The molecule has 2 aliphatic rings. The Kier molecular flexibility index (Phi) is 6.35. The van der Waals surface area contributed by atoms with Crippen LogP contribution in [-0.4, -0.2) is 54.4 Å². The number of amides is 1. The van der Waals surface area contributed by atoms with E-state index in [1.807, 2.05) is 13.0 Å². The van der Waals surface area contributed by atoms with E-state index in [2.05, 4.69) is 17.6 Å². The number of likely N-dealkylation sites (tertiary alicyclic amines) is 1. The highest BCUT2D eigenvalue weighted by Gasteiger charge is 2.25. The molecule has 3 heterocycles. The quantitative estimate of drug-likeness (QED) is 0.590. The Bertz CT molecular complexity index is 745. The van der Waals surface area contributed by atoms with Crippen LogP contribution in [0.5, 0.6) is 0 Å². The van der Waals surface area contributed by atoms with Crippen LogP contribution in [0.1, 0.15) is 42.6 Å². The smallest absolute Gasteiger partial charge is 0.264 e. The van der Waals surface area contributed by atoms with Gasteiger partial charge >= 0.3 is 0 Å². The zero-order valence-corrected chi connectivity index (χ0v) is 16.5. The van der Waals surface area contributed by atoms with E-state index >= 15 is 0 Å². The van der Waals surface area contributed by atoms with Crippen LogP contribution in [0.15, 0.2) is 11.6 Å². The lowest BCUT2D eigenvalue weighted by Gasteiger charge is -2.31. The van der Waals surface area contributed by atoms with Crippen molar-refractivity contribution < 1.29 is 14.3 Å². The lowest BCUT2D eigenvalue weighted by molar-refractivity contribution is -0.128. The molecule has 27 heavy (non-hydrogen) atoms. The molecule has 2 fully saturated rings. The fraction of sp³-hybridized carbons (Fsp3) is 0.619. The van der Waals surface area contributed by atoms with Crippen molar-refractivity contribution in [1.82, 2.24) is 9.47 Å². The Labute approximate surface area is 161 Å². The van der Waals surface area contributed by atoms with Gasteiger partial charge in [0.05, 0.1) is 12.2 Å². The standard InChI is InChI=1S/C21H29N3O3/c1-15-11-17(16(2)24(15)14-20-5-4-10-27-20)12-18(13-22)21(25)23-8-6-19(26-3)7-9-23/h11-12,19-20H,4-10,14H2,1-3H3/b18-12+. The summed E-state index contributed by atoms with van der Waals surface area (Å²) in [5.74, 6) is -0.184. The Morgan fingerprint density at radius 3 is 2.70 bits per heavy atom. The van der Waals surface area contributed by atoms with Crippen LogP contribution in [0.25, 0.3) is 6.08 Å². The van der Waals surface area contributed by atoms with Crippen molar-refractivity contribution in [3.05, 3.63) is 28.6 Å². The van der Waals surface area contributed by atoms with E-state index in [0.29, 0.717) is 13.1 Å². The van der Waals surface area contributed by atoms with Crippen LogP contribution < -0.4 is 0 Å². The molecule has 146 valence electrons. The molecule has 0 radical (unpaired) electrons. The van der Waals surface area contributed by atoms with Gasteiger partial charge in [-0.3, -0.25) is 4.79 Å². The van der Waals surface area contributed by atoms with Crippen molar-refractivity contribution in [2.45, 2.75) is 58.3 Å². The van der Waals surface area contributed by atoms with Gasteiger partial charge in [0.1, 0.15) is 11.6 Å². The van der Waals surface area contributed by atoms with Gasteiger partial charge in [-0.25, -0.2) is 0 Å². The minimum Gasteiger partial charge on any atom is -0.381 e. The van der Waals surface area contributed by atoms with Crippen LogP contribution in [0.2, 0.25) is 0 Å². The maximum atomic E-state index is 12.8. The van der Waals surface area contributed by atoms with Crippen LogP contribution in [0.3, 0.4) is 0 Å². The topological polar surface area (TPSA) is 67.5 Å². The molecule has 0 spiro atoms. The summed E-state index contributed by atoms with van der Waals surface area (Å²) in [5, 5.41) is 9.57. The largest absolute Gasteiger partial charge is 0.381 e. The second kappa shape index (κ2) is 8.73. The number of nitrogens with zero attached hydrogens (tertiary/aromatic N) is 3. The number of nitriles is 1. The first-order chi connectivity index (χ1) is 13.0. The Morgan fingerprint density at radius 2 is 2.11 bits per heavy atom. The third kappa shape index (κ3) is 4.42. The second-order valence-corrected chi connectivity index (χ2v) is 7.47. The number of hydrogen-bond acceptors (Lipinski definition) is 4. The van der Waals surface area contributed by atoms with Crippen molar-refractivity contribution in [2.24, 2.45) is 0 Å². The number of rotatable bonds is 5. The van der Waals surface area contributed by atoms with Crippen molar-refractivity contribution in [2.75, 3.05) is 26.8 Å². The molecule has 6 nitrogen and oxygen atoms in total. The highest BCUT2D eigenvalue weighted by molar-refractivity contribution is 6.01. The summed E-state index contributed by atoms with van der Waals surface area (Å²) in [7, 11) is 1.70. The molecule has 1 atom stereocenters. The molecule has 0 aliphatic carbocycles. The number of aromatic nitrogens is 1. The average molecular weight is 371 g/mol. The van der Waals surface area contributed by atoms with Gasteiger partial charge in [0.25, 0.3) is 5.91 Å². The Morgan fingerprint density at radius 1 is 1.37 bits per heavy atom. The Hall–Kier alpha value is -2.10. The minimum absolute atomic E-state index is 0.184. The van der Waals surface area contributed by atoms with Crippen LogP contribution >= 0.6 is 0 Å². The van der Waals surface area contributed by atoms with E-state index in [-0.39, 0.29) is 23.7 Å². The predicted octanol–water partition coefficient (Wildman–Crippen LogP) is 2.83. The molecule has 0 N–H and O–H groups in total. The first kappa shape index (κ1) is 19.7. The van der Waals surface area contributed by atoms with Gasteiger partial charge in [0, 0.05) is 44.7 Å². The number of carbonyl (C=O) groups excluding carboxylic acids is 1. The summed E-state index contributed by atoms with van der Waals surface area (Å²) in [6.07, 6.45) is 6.03. The molecular weight excluding hydrogens is 342 g/mol. The SMILES string of the molecule is COC1CCN(C(=O)/C(C#N)=C/c2cc(C)n(CC3CCCO3)c2C)CC1. The lowest BCUT2D eigenvalue weighted by Crippen LogP contribution is -2.41. The molecule has 1 aromatic heterocycles. The summed E-state index contributed by atoms with van der Waals surface area (Å²) in [6.45, 7) is 7.03. The molecule has 0 aromatic carbocycles. The summed E-state index contributed by atoms with van der Waals surface area (Å²) in [4.78, 5) is 14.5. The predicted molar refractivity (Wildman–Crippen MR) is 103 cm³/mol. The molecule has 1 amide bonds. The highest BCUT2D eigenvalue weighted by Crippen LogP contribution is 2.23. The number of aryl methyl sites for hydroxylation is 1. The molecular formula is C21H29N3O3. The summed E-state index contributed by atoms with van der Waals surface area (Å²) in [5.41, 5.74) is 3.33. The monoisotopic (exact) mass is 371 g/mol. The maximum Gasteiger partial charge on any atom is 0.264 e. The van der Waals surface area contributed by atoms with Crippen molar-refractivity contribution in [3.63, 3.8) is 0 Å². The van der Waals surface area contributed by atoms with Gasteiger partial charge in [-0.1, -0.05) is 0 Å². The molecule has 2 aliphatic heterocycles. The third-order valence-corrected chi connectivity index (χ3v) is 5.74. The fourth-order valence-corrected chi connectivity index (χ4v) is 4.01. The van der Waals surface area contributed by atoms with Gasteiger partial charge in [0.2, 0.25) is 0 Å². The van der Waals surface area contributed by atoms with Crippen molar-refractivity contribution in [1.29, 1.82) is 5.26 Å². The average Bonchev–Trinajstić information content (AvgIpc) is 3.29. The summed E-state index contributed by atoms with van der Waals surface area (Å²) >= 11 is 0. The van der Waals surface area contributed by atoms with Crippen LogP contribution in [0.4, 0.5) is 0 Å². The van der Waals surface area contributed by atoms with Gasteiger partial charge in [0.15, 0.2) is 0 Å². The number of hydrogen-bond donors (Lipinski definition) is 0. The van der Waals surface area contributed by atoms with E-state index < -0.39 is 0 Å². The van der Waals surface area contributed by atoms with E-state index in [1.165, 1.54) is 0 Å². The molecule has 0 saturated carbocycles. The zero-order valence-electron chi connectivity index (χ0n) is 16.5. The minimum atomic E-state index is -0.184. The number of methoxy groups -OCH3 is 1. The first-order valence-corrected chi connectivity index (χ1v) is 9.75. The van der Waals surface area contributed by atoms with E-state index in [9.17, 15) is 10.1 Å². The van der Waals surface area contributed by atoms with Gasteiger partial charge in [-0.2, -0.15) is 5.26 Å². The molecule has 6 heteroatoms. The number of piperidine rings is 1. The molecule has 3 rings (SSSR count). The fourth-order valence-electron chi connectivity index (χ4n) is 4.01. The highest BCUT2D eigenvalue weighted by atomic mass is 16.5. The number of ether oxygens (including phenoxy) is 2. The van der Waals surface area contributed by atoms with Gasteiger partial charge in [-0.15, -0.1) is 0 Å². The van der Waals surface area contributed by atoms with Gasteiger partial charge < -0.3 is 18.9 Å². The van der Waals surface area contributed by atoms with E-state index in [1.54, 1.807) is 18.1 Å². The van der Waals surface area contributed by atoms with E-state index in [4.69, 9.17) is 9.47 Å².